The van der Waals surface area contributed by atoms with Crippen molar-refractivity contribution in [1.82, 2.24) is 0 Å². The van der Waals surface area contributed by atoms with E-state index in [4.69, 9.17) is 11.6 Å². The molecule has 0 saturated heterocycles. The number of hydrogen-bond donors (Lipinski definition) is 0. The quantitative estimate of drug-likeness (QED) is 0.656. The Bertz CT molecular complexity index is 785. The first kappa shape index (κ1) is 15.1. The normalized spacial score (nSPS) is 11.4. The van der Waals surface area contributed by atoms with Gasteiger partial charge in [-0.05, 0) is 24.6 Å². The molecule has 0 spiro atoms. The van der Waals surface area contributed by atoms with Crippen molar-refractivity contribution in [2.75, 3.05) is 0 Å². The summed E-state index contributed by atoms with van der Waals surface area (Å²) in [6.45, 7) is 1.98. The molecule has 1 nitrogen and oxygen atoms in total. The Labute approximate surface area is 136 Å². The van der Waals surface area contributed by atoms with Gasteiger partial charge in [-0.3, -0.25) is 0 Å². The summed E-state index contributed by atoms with van der Waals surface area (Å²) in [5.74, 6) is 0. The molecular formula is C19H16ClOP. The van der Waals surface area contributed by atoms with Crippen LogP contribution in [0.2, 0.25) is 5.02 Å². The summed E-state index contributed by atoms with van der Waals surface area (Å²) in [6, 6.07) is 24.8. The fraction of sp³-hybridized carbons (Fsp3) is 0.0526. The second-order valence-corrected chi connectivity index (χ2v) is 8.38. The molecule has 3 aromatic rings. The number of halogens is 1. The van der Waals surface area contributed by atoms with Crippen LogP contribution in [-0.4, -0.2) is 0 Å². The highest BCUT2D eigenvalue weighted by atomic mass is 35.5. The first-order valence-electron chi connectivity index (χ1n) is 7.10. The van der Waals surface area contributed by atoms with Gasteiger partial charge in [-0.25, -0.2) is 0 Å². The van der Waals surface area contributed by atoms with E-state index in [0.717, 1.165) is 21.5 Å². The van der Waals surface area contributed by atoms with E-state index in [1.807, 2.05) is 85.8 Å². The zero-order valence-electron chi connectivity index (χ0n) is 12.2. The molecule has 3 rings (SSSR count). The Morgan fingerprint density at radius 2 is 1.27 bits per heavy atom. The predicted octanol–water partition coefficient (Wildman–Crippen LogP) is 4.29. The van der Waals surface area contributed by atoms with E-state index in [2.05, 4.69) is 0 Å². The fourth-order valence-electron chi connectivity index (χ4n) is 2.62. The topological polar surface area (TPSA) is 17.1 Å². The summed E-state index contributed by atoms with van der Waals surface area (Å²) in [4.78, 5) is 0. The van der Waals surface area contributed by atoms with Crippen LogP contribution in [0.4, 0.5) is 0 Å². The van der Waals surface area contributed by atoms with Gasteiger partial charge in [-0.15, -0.1) is 0 Å². The van der Waals surface area contributed by atoms with Crippen molar-refractivity contribution in [2.24, 2.45) is 0 Å². The molecular weight excluding hydrogens is 311 g/mol. The van der Waals surface area contributed by atoms with E-state index in [0.29, 0.717) is 5.02 Å². The van der Waals surface area contributed by atoms with Gasteiger partial charge in [-0.2, -0.15) is 0 Å². The average Bonchev–Trinajstić information content (AvgIpc) is 2.58. The molecule has 0 amide bonds. The number of rotatable bonds is 3. The van der Waals surface area contributed by atoms with Crippen molar-refractivity contribution in [1.29, 1.82) is 0 Å². The summed E-state index contributed by atoms with van der Waals surface area (Å²) in [7, 11) is -2.93. The van der Waals surface area contributed by atoms with Crippen molar-refractivity contribution in [3.8, 4) is 0 Å². The van der Waals surface area contributed by atoms with E-state index in [1.165, 1.54) is 0 Å². The smallest absolute Gasteiger partial charge is 0.171 e. The summed E-state index contributed by atoms with van der Waals surface area (Å²) in [5, 5.41) is 3.06. The number of aryl methyl sites for hydroxylation is 1. The first-order valence-corrected chi connectivity index (χ1v) is 9.19. The second kappa shape index (κ2) is 6.12. The maximum Gasteiger partial charge on any atom is 0.171 e. The lowest BCUT2D eigenvalue weighted by molar-refractivity contribution is 0.592. The lowest BCUT2D eigenvalue weighted by Gasteiger charge is -2.22. The van der Waals surface area contributed by atoms with E-state index in [9.17, 15) is 4.57 Å². The Morgan fingerprint density at radius 1 is 0.773 bits per heavy atom. The van der Waals surface area contributed by atoms with E-state index < -0.39 is 7.14 Å². The minimum Gasteiger partial charge on any atom is -0.309 e. The zero-order valence-corrected chi connectivity index (χ0v) is 13.9. The molecule has 0 fully saturated rings. The Kier molecular flexibility index (Phi) is 4.20. The maximum absolute atomic E-state index is 14.1. The second-order valence-electron chi connectivity index (χ2n) is 5.21. The van der Waals surface area contributed by atoms with Crippen molar-refractivity contribution >= 4 is 34.7 Å². The van der Waals surface area contributed by atoms with Gasteiger partial charge in [0.2, 0.25) is 0 Å². The summed E-state index contributed by atoms with van der Waals surface area (Å²) >= 11 is 6.18. The van der Waals surface area contributed by atoms with Crippen LogP contribution in [0.5, 0.6) is 0 Å². The van der Waals surface area contributed by atoms with Gasteiger partial charge in [0.1, 0.15) is 0 Å². The molecule has 0 bridgehead atoms. The number of benzene rings is 3. The Balaban J connectivity index is 2.34. The van der Waals surface area contributed by atoms with Gasteiger partial charge in [0.15, 0.2) is 7.14 Å². The van der Waals surface area contributed by atoms with Gasteiger partial charge < -0.3 is 4.57 Å². The predicted molar refractivity (Wildman–Crippen MR) is 95.6 cm³/mol. The van der Waals surface area contributed by atoms with Crippen LogP contribution in [0.15, 0.2) is 78.9 Å². The Morgan fingerprint density at radius 3 is 1.77 bits per heavy atom. The minimum atomic E-state index is -2.93. The summed E-state index contributed by atoms with van der Waals surface area (Å²) in [5.41, 5.74) is 0.987. The van der Waals surface area contributed by atoms with Crippen molar-refractivity contribution in [3.63, 3.8) is 0 Å². The Hall–Kier alpha value is -1.82. The van der Waals surface area contributed by atoms with Gasteiger partial charge in [-0.1, -0.05) is 78.3 Å². The van der Waals surface area contributed by atoms with Crippen LogP contribution in [0, 0.1) is 6.92 Å². The van der Waals surface area contributed by atoms with Gasteiger partial charge in [0.05, 0.1) is 0 Å². The molecule has 0 aliphatic rings. The maximum atomic E-state index is 14.1. The van der Waals surface area contributed by atoms with E-state index in [1.54, 1.807) is 0 Å². The summed E-state index contributed by atoms with van der Waals surface area (Å²) in [6.07, 6.45) is 0. The highest BCUT2D eigenvalue weighted by Crippen LogP contribution is 2.43. The van der Waals surface area contributed by atoms with E-state index in [-0.39, 0.29) is 0 Å². The van der Waals surface area contributed by atoms with Crippen LogP contribution in [0.3, 0.4) is 0 Å². The van der Waals surface area contributed by atoms with Crippen LogP contribution >= 0.6 is 18.7 Å². The highest BCUT2D eigenvalue weighted by molar-refractivity contribution is 7.85. The lowest BCUT2D eigenvalue weighted by atomic mass is 10.2. The van der Waals surface area contributed by atoms with Crippen LogP contribution in [0.25, 0.3) is 0 Å². The monoisotopic (exact) mass is 326 g/mol. The molecule has 0 atom stereocenters. The molecule has 0 heterocycles. The third kappa shape index (κ3) is 2.63. The molecule has 0 aromatic heterocycles. The molecule has 110 valence electrons. The highest BCUT2D eigenvalue weighted by Gasteiger charge is 2.31. The van der Waals surface area contributed by atoms with Crippen molar-refractivity contribution < 1.29 is 4.57 Å². The number of hydrogen-bond acceptors (Lipinski definition) is 1. The van der Waals surface area contributed by atoms with E-state index >= 15 is 0 Å². The van der Waals surface area contributed by atoms with Gasteiger partial charge >= 0.3 is 0 Å². The van der Waals surface area contributed by atoms with Crippen molar-refractivity contribution in [3.05, 3.63) is 89.4 Å². The first-order chi connectivity index (χ1) is 10.6. The third-order valence-electron chi connectivity index (χ3n) is 3.75. The molecule has 0 saturated carbocycles. The SMILES string of the molecule is Cc1ccc(Cl)cc1P(=O)(c1ccccc1)c1ccccc1. The molecule has 3 aromatic carbocycles. The molecule has 3 heteroatoms. The zero-order chi connectivity index (χ0) is 15.6. The van der Waals surface area contributed by atoms with Crippen LogP contribution in [-0.2, 0) is 4.57 Å². The fourth-order valence-corrected chi connectivity index (χ4v) is 5.80. The van der Waals surface area contributed by atoms with Crippen LogP contribution in [0.1, 0.15) is 5.56 Å². The molecule has 0 N–H and O–H groups in total. The van der Waals surface area contributed by atoms with Gasteiger partial charge in [0, 0.05) is 20.9 Å². The molecule has 0 aliphatic carbocycles. The van der Waals surface area contributed by atoms with Crippen molar-refractivity contribution in [2.45, 2.75) is 6.92 Å². The lowest BCUT2D eigenvalue weighted by Crippen LogP contribution is -2.26. The largest absolute Gasteiger partial charge is 0.309 e. The minimum absolute atomic E-state index is 0.604. The molecule has 0 unspecified atom stereocenters. The van der Waals surface area contributed by atoms with Gasteiger partial charge in [0.25, 0.3) is 0 Å². The molecule has 22 heavy (non-hydrogen) atoms. The average molecular weight is 327 g/mol. The molecule has 0 aliphatic heterocycles. The standard InChI is InChI=1S/C19H16ClOP/c1-15-12-13-16(20)14-19(15)22(21,17-8-4-2-5-9-17)18-10-6-3-7-11-18/h2-14H,1H3. The van der Waals surface area contributed by atoms with Crippen LogP contribution < -0.4 is 15.9 Å². The third-order valence-corrected chi connectivity index (χ3v) is 7.20. The summed E-state index contributed by atoms with van der Waals surface area (Å²) < 4.78 is 14.1. The molecule has 0 radical (unpaired) electrons.